The zero-order valence-electron chi connectivity index (χ0n) is 8.95. The van der Waals surface area contributed by atoms with E-state index in [1.54, 1.807) is 6.92 Å². The van der Waals surface area contributed by atoms with E-state index in [-0.39, 0.29) is 11.9 Å². The van der Waals surface area contributed by atoms with Crippen molar-refractivity contribution in [3.8, 4) is 0 Å². The molecule has 1 rings (SSSR count). The molecule has 1 saturated heterocycles. The van der Waals surface area contributed by atoms with Gasteiger partial charge in [-0.1, -0.05) is 6.92 Å². The predicted molar refractivity (Wildman–Crippen MR) is 55.5 cm³/mol. The van der Waals surface area contributed by atoms with Crippen LogP contribution < -0.4 is 10.6 Å². The normalized spacial score (nSPS) is 22.3. The maximum Gasteiger partial charge on any atom is 0.326 e. The largest absolute Gasteiger partial charge is 0.480 e. The lowest BCUT2D eigenvalue weighted by Gasteiger charge is -2.14. The molecule has 3 N–H and O–H groups in total. The fraction of sp³-hybridized carbons (Fsp3) is 0.800. The summed E-state index contributed by atoms with van der Waals surface area (Å²) in [6.07, 6.45) is 2.88. The van der Waals surface area contributed by atoms with Gasteiger partial charge in [0.05, 0.1) is 0 Å². The van der Waals surface area contributed by atoms with Crippen LogP contribution in [-0.2, 0) is 9.59 Å². The lowest BCUT2D eigenvalue weighted by Crippen LogP contribution is -2.42. The molecule has 0 aromatic rings. The lowest BCUT2D eigenvalue weighted by molar-refractivity contribution is -0.142. The number of hydrogen-bond donors (Lipinski definition) is 3. The Labute approximate surface area is 89.2 Å². The van der Waals surface area contributed by atoms with E-state index in [4.69, 9.17) is 5.11 Å². The number of hydrogen-bond acceptors (Lipinski definition) is 3. The first-order chi connectivity index (χ1) is 7.13. The van der Waals surface area contributed by atoms with Crippen molar-refractivity contribution < 1.29 is 14.7 Å². The van der Waals surface area contributed by atoms with Gasteiger partial charge in [-0.2, -0.15) is 0 Å². The van der Waals surface area contributed by atoms with Crippen LogP contribution in [0.2, 0.25) is 0 Å². The molecule has 1 unspecified atom stereocenters. The highest BCUT2D eigenvalue weighted by Crippen LogP contribution is 2.08. The van der Waals surface area contributed by atoms with Gasteiger partial charge in [-0.15, -0.1) is 0 Å². The number of rotatable bonds is 5. The maximum absolute atomic E-state index is 11.5. The second kappa shape index (κ2) is 5.70. The van der Waals surface area contributed by atoms with Crippen LogP contribution in [0.1, 0.15) is 32.6 Å². The van der Waals surface area contributed by atoms with Crippen molar-refractivity contribution in [3.63, 3.8) is 0 Å². The fourth-order valence-corrected chi connectivity index (χ4v) is 1.75. The van der Waals surface area contributed by atoms with Gasteiger partial charge >= 0.3 is 5.97 Å². The first-order valence-corrected chi connectivity index (χ1v) is 5.39. The van der Waals surface area contributed by atoms with E-state index in [9.17, 15) is 9.59 Å². The van der Waals surface area contributed by atoms with Gasteiger partial charge in [0.25, 0.3) is 0 Å². The number of amides is 1. The van der Waals surface area contributed by atoms with Crippen molar-refractivity contribution in [2.75, 3.05) is 6.54 Å². The van der Waals surface area contributed by atoms with Gasteiger partial charge in [-0.3, -0.25) is 4.79 Å². The Hall–Kier alpha value is -1.10. The Kier molecular flexibility index (Phi) is 4.55. The summed E-state index contributed by atoms with van der Waals surface area (Å²) in [7, 11) is 0. The third-order valence-corrected chi connectivity index (χ3v) is 2.64. The maximum atomic E-state index is 11.5. The van der Waals surface area contributed by atoms with E-state index in [0.717, 1.165) is 19.4 Å². The zero-order valence-corrected chi connectivity index (χ0v) is 8.95. The molecule has 5 nitrogen and oxygen atoms in total. The molecule has 1 heterocycles. The highest BCUT2D eigenvalue weighted by atomic mass is 16.4. The average Bonchev–Trinajstić information content (AvgIpc) is 2.66. The minimum atomic E-state index is -0.967. The number of carbonyl (C=O) groups is 2. The fourth-order valence-electron chi connectivity index (χ4n) is 1.75. The lowest BCUT2D eigenvalue weighted by atomic mass is 10.1. The van der Waals surface area contributed by atoms with E-state index in [2.05, 4.69) is 10.6 Å². The minimum absolute atomic E-state index is 0.177. The molecule has 0 saturated carbocycles. The van der Waals surface area contributed by atoms with Gasteiger partial charge in [-0.05, 0) is 25.8 Å². The predicted octanol–water partition coefficient (Wildman–Crippen LogP) is 0.108. The summed E-state index contributed by atoms with van der Waals surface area (Å²) in [5.41, 5.74) is 0. The highest BCUT2D eigenvalue weighted by Gasteiger charge is 2.21. The average molecular weight is 214 g/mol. The van der Waals surface area contributed by atoms with Crippen molar-refractivity contribution in [1.29, 1.82) is 0 Å². The van der Waals surface area contributed by atoms with Gasteiger partial charge in [0, 0.05) is 12.5 Å². The Morgan fingerprint density at radius 2 is 2.33 bits per heavy atom. The van der Waals surface area contributed by atoms with Crippen LogP contribution in [0.4, 0.5) is 0 Å². The summed E-state index contributed by atoms with van der Waals surface area (Å²) in [6, 6.07) is -0.532. The number of carboxylic acid groups (broad SMARTS) is 1. The quantitative estimate of drug-likeness (QED) is 0.607. The standard InChI is InChI=1S/C10H18N2O3/c1-2-8(10(14)15)12-9(13)6-7-4-3-5-11-7/h7-8,11H,2-6H2,1H3,(H,12,13)(H,14,15)/t7?,8-/m0/s1. The van der Waals surface area contributed by atoms with E-state index in [0.29, 0.717) is 12.8 Å². The van der Waals surface area contributed by atoms with Crippen molar-refractivity contribution in [1.82, 2.24) is 10.6 Å². The van der Waals surface area contributed by atoms with Gasteiger partial charge < -0.3 is 15.7 Å². The third-order valence-electron chi connectivity index (χ3n) is 2.64. The molecule has 1 fully saturated rings. The molecule has 0 aromatic carbocycles. The van der Waals surface area contributed by atoms with Crippen molar-refractivity contribution in [2.45, 2.75) is 44.7 Å². The molecule has 86 valence electrons. The van der Waals surface area contributed by atoms with Crippen LogP contribution in [0, 0.1) is 0 Å². The number of carboxylic acids is 1. The summed E-state index contributed by atoms with van der Waals surface area (Å²) in [4.78, 5) is 22.1. The molecule has 0 radical (unpaired) electrons. The number of carbonyl (C=O) groups excluding carboxylic acids is 1. The number of aliphatic carboxylic acids is 1. The van der Waals surface area contributed by atoms with Crippen LogP contribution in [0.3, 0.4) is 0 Å². The molecule has 0 aliphatic carbocycles. The van der Waals surface area contributed by atoms with Crippen LogP contribution >= 0.6 is 0 Å². The molecular weight excluding hydrogens is 196 g/mol. The van der Waals surface area contributed by atoms with Crippen LogP contribution in [-0.4, -0.2) is 35.6 Å². The van der Waals surface area contributed by atoms with Crippen LogP contribution in [0.25, 0.3) is 0 Å². The summed E-state index contributed by atoms with van der Waals surface area (Å²) in [5.74, 6) is -1.14. The highest BCUT2D eigenvalue weighted by molar-refractivity contribution is 5.83. The van der Waals surface area contributed by atoms with Crippen LogP contribution in [0.15, 0.2) is 0 Å². The van der Waals surface area contributed by atoms with Crippen molar-refractivity contribution >= 4 is 11.9 Å². The Bertz CT molecular complexity index is 237. The minimum Gasteiger partial charge on any atom is -0.480 e. The van der Waals surface area contributed by atoms with Gasteiger partial charge in [0.1, 0.15) is 6.04 Å². The molecule has 0 spiro atoms. The first kappa shape index (κ1) is 12.0. The third kappa shape index (κ3) is 3.87. The van der Waals surface area contributed by atoms with E-state index in [1.807, 2.05) is 0 Å². The number of nitrogens with one attached hydrogen (secondary N) is 2. The summed E-state index contributed by atoms with van der Waals surface area (Å²) >= 11 is 0. The Balaban J connectivity index is 2.30. The summed E-state index contributed by atoms with van der Waals surface area (Å²) < 4.78 is 0. The monoisotopic (exact) mass is 214 g/mol. The SMILES string of the molecule is CC[C@H](NC(=O)CC1CCCN1)C(=O)O. The molecule has 1 aliphatic heterocycles. The molecule has 5 heteroatoms. The molecule has 15 heavy (non-hydrogen) atoms. The van der Waals surface area contributed by atoms with Crippen molar-refractivity contribution in [3.05, 3.63) is 0 Å². The first-order valence-electron chi connectivity index (χ1n) is 5.39. The summed E-state index contributed by atoms with van der Waals surface area (Å²) in [5, 5.41) is 14.5. The van der Waals surface area contributed by atoms with E-state index >= 15 is 0 Å². The van der Waals surface area contributed by atoms with Gasteiger partial charge in [0.15, 0.2) is 0 Å². The molecule has 2 atom stereocenters. The van der Waals surface area contributed by atoms with E-state index < -0.39 is 12.0 Å². The molecule has 0 bridgehead atoms. The second-order valence-corrected chi connectivity index (χ2v) is 3.86. The summed E-state index contributed by atoms with van der Waals surface area (Å²) in [6.45, 7) is 2.70. The van der Waals surface area contributed by atoms with Gasteiger partial charge in [-0.25, -0.2) is 4.79 Å². The smallest absolute Gasteiger partial charge is 0.326 e. The zero-order chi connectivity index (χ0) is 11.3. The van der Waals surface area contributed by atoms with Crippen molar-refractivity contribution in [2.24, 2.45) is 0 Å². The topological polar surface area (TPSA) is 78.4 Å². The van der Waals surface area contributed by atoms with Gasteiger partial charge in [0.2, 0.25) is 5.91 Å². The second-order valence-electron chi connectivity index (χ2n) is 3.86. The Morgan fingerprint density at radius 3 is 2.80 bits per heavy atom. The molecule has 1 amide bonds. The van der Waals surface area contributed by atoms with E-state index in [1.165, 1.54) is 0 Å². The molecular formula is C10H18N2O3. The Morgan fingerprint density at radius 1 is 1.60 bits per heavy atom. The van der Waals surface area contributed by atoms with Crippen LogP contribution in [0.5, 0.6) is 0 Å². The molecule has 0 aromatic heterocycles. The molecule has 1 aliphatic rings.